The van der Waals surface area contributed by atoms with E-state index in [1.165, 1.54) is 0 Å². The number of morpholine rings is 1. The Labute approximate surface area is 177 Å². The molecule has 156 valence electrons. The average molecular weight is 405 g/mol. The summed E-state index contributed by atoms with van der Waals surface area (Å²) in [6, 6.07) is 20.1. The monoisotopic (exact) mass is 405 g/mol. The quantitative estimate of drug-likeness (QED) is 0.592. The Morgan fingerprint density at radius 1 is 1.00 bits per heavy atom. The molecule has 1 amide bonds. The third-order valence-corrected chi connectivity index (χ3v) is 5.33. The topological polar surface area (TPSA) is 58.8 Å². The molecule has 0 radical (unpaired) electrons. The molecule has 0 unspecified atom stereocenters. The van der Waals surface area contributed by atoms with Gasteiger partial charge < -0.3 is 19.1 Å². The summed E-state index contributed by atoms with van der Waals surface area (Å²) in [6.45, 7) is 5.70. The zero-order valence-electron chi connectivity index (χ0n) is 17.3. The number of benzene rings is 2. The molecule has 1 aromatic heterocycles. The van der Waals surface area contributed by atoms with Crippen molar-refractivity contribution in [2.45, 2.75) is 26.4 Å². The fraction of sp³-hybridized carbons (Fsp3) is 0.333. The Kier molecular flexibility index (Phi) is 6.44. The summed E-state index contributed by atoms with van der Waals surface area (Å²) in [4.78, 5) is 16.9. The van der Waals surface area contributed by atoms with Crippen molar-refractivity contribution in [2.75, 3.05) is 31.2 Å². The number of hydrogen-bond donors (Lipinski definition) is 0. The Balaban J connectivity index is 1.70. The van der Waals surface area contributed by atoms with E-state index < -0.39 is 0 Å². The first kappa shape index (κ1) is 20.2. The van der Waals surface area contributed by atoms with Crippen LogP contribution in [0.15, 0.2) is 65.2 Å². The summed E-state index contributed by atoms with van der Waals surface area (Å²) < 4.78 is 11.3. The highest BCUT2D eigenvalue weighted by Crippen LogP contribution is 2.33. The molecule has 0 atom stereocenters. The third kappa shape index (κ3) is 4.54. The molecule has 6 heteroatoms. The van der Waals surface area contributed by atoms with Crippen molar-refractivity contribution in [3.63, 3.8) is 0 Å². The molecule has 0 spiro atoms. The molecule has 1 fully saturated rings. The van der Waals surface area contributed by atoms with Gasteiger partial charge in [-0.1, -0.05) is 72.7 Å². The van der Waals surface area contributed by atoms with E-state index in [4.69, 9.17) is 9.26 Å². The molecule has 0 aliphatic carbocycles. The molecule has 3 aromatic rings. The Morgan fingerprint density at radius 3 is 2.33 bits per heavy atom. The number of carbonyl (C=O) groups excluding carboxylic acids is 1. The molecule has 2 heterocycles. The predicted octanol–water partition coefficient (Wildman–Crippen LogP) is 4.12. The summed E-state index contributed by atoms with van der Waals surface area (Å²) in [5.74, 6) is 0.839. The second-order valence-corrected chi connectivity index (χ2v) is 7.37. The zero-order valence-corrected chi connectivity index (χ0v) is 17.3. The first-order valence-corrected chi connectivity index (χ1v) is 10.4. The minimum Gasteiger partial charge on any atom is -0.378 e. The maximum absolute atomic E-state index is 12.8. The maximum atomic E-state index is 12.8. The Morgan fingerprint density at radius 2 is 1.67 bits per heavy atom. The van der Waals surface area contributed by atoms with E-state index in [0.29, 0.717) is 32.7 Å². The molecule has 0 N–H and O–H groups in total. The van der Waals surface area contributed by atoms with Gasteiger partial charge in [-0.05, 0) is 5.56 Å². The van der Waals surface area contributed by atoms with Crippen LogP contribution >= 0.6 is 0 Å². The second-order valence-electron chi connectivity index (χ2n) is 7.37. The van der Waals surface area contributed by atoms with Crippen molar-refractivity contribution in [3.05, 3.63) is 71.8 Å². The maximum Gasteiger partial charge on any atom is 0.233 e. The number of ether oxygens (including phenoxy) is 1. The van der Waals surface area contributed by atoms with Gasteiger partial charge in [0.15, 0.2) is 0 Å². The van der Waals surface area contributed by atoms with Crippen LogP contribution in [0.1, 0.15) is 24.5 Å². The number of rotatable bonds is 7. The molecular formula is C24H27N3O3. The lowest BCUT2D eigenvalue weighted by molar-refractivity contribution is -0.132. The summed E-state index contributed by atoms with van der Waals surface area (Å²) >= 11 is 0. The molecular weight excluding hydrogens is 378 g/mol. The van der Waals surface area contributed by atoms with E-state index in [-0.39, 0.29) is 5.91 Å². The van der Waals surface area contributed by atoms with E-state index in [1.807, 2.05) is 72.5 Å². The van der Waals surface area contributed by atoms with Gasteiger partial charge in [-0.15, -0.1) is 0 Å². The number of anilines is 1. The zero-order chi connectivity index (χ0) is 20.8. The number of carbonyl (C=O) groups is 1. The number of aromatic nitrogens is 1. The number of hydrogen-bond acceptors (Lipinski definition) is 5. The minimum absolute atomic E-state index is 0.104. The first-order valence-electron chi connectivity index (χ1n) is 10.4. The number of amides is 1. The van der Waals surface area contributed by atoms with Crippen LogP contribution in [0.25, 0.3) is 11.3 Å². The normalized spacial score (nSPS) is 14.0. The van der Waals surface area contributed by atoms with Crippen LogP contribution in [-0.4, -0.2) is 42.3 Å². The molecule has 2 aromatic carbocycles. The summed E-state index contributed by atoms with van der Waals surface area (Å²) in [6.07, 6.45) is 0.450. The van der Waals surface area contributed by atoms with Gasteiger partial charge in [-0.3, -0.25) is 4.79 Å². The van der Waals surface area contributed by atoms with Crippen molar-refractivity contribution in [3.8, 4) is 11.3 Å². The van der Waals surface area contributed by atoms with Gasteiger partial charge >= 0.3 is 0 Å². The lowest BCUT2D eigenvalue weighted by Crippen LogP contribution is -2.37. The minimum atomic E-state index is 0.104. The Bertz CT molecular complexity index is 950. The van der Waals surface area contributed by atoms with Crippen molar-refractivity contribution in [2.24, 2.45) is 0 Å². The fourth-order valence-electron chi connectivity index (χ4n) is 3.73. The van der Waals surface area contributed by atoms with Crippen molar-refractivity contribution >= 4 is 11.8 Å². The predicted molar refractivity (Wildman–Crippen MR) is 116 cm³/mol. The van der Waals surface area contributed by atoms with Gasteiger partial charge in [-0.25, -0.2) is 0 Å². The summed E-state index contributed by atoms with van der Waals surface area (Å²) in [5.41, 5.74) is 3.82. The lowest BCUT2D eigenvalue weighted by atomic mass is 10.1. The van der Waals surface area contributed by atoms with Crippen LogP contribution < -0.4 is 4.90 Å². The summed E-state index contributed by atoms with van der Waals surface area (Å²) in [5, 5.41) is 4.41. The van der Waals surface area contributed by atoms with Crippen LogP contribution in [0, 0.1) is 0 Å². The van der Waals surface area contributed by atoms with E-state index in [1.54, 1.807) is 0 Å². The van der Waals surface area contributed by atoms with Crippen LogP contribution in [0.2, 0.25) is 0 Å². The first-order chi connectivity index (χ1) is 14.8. The van der Waals surface area contributed by atoms with E-state index in [0.717, 1.165) is 41.4 Å². The largest absolute Gasteiger partial charge is 0.378 e. The summed E-state index contributed by atoms with van der Waals surface area (Å²) in [7, 11) is 0. The van der Waals surface area contributed by atoms with Crippen LogP contribution in [0.5, 0.6) is 0 Å². The standard InChI is InChI=1S/C24H27N3O3/c1-2-22(28)27(17-19-9-5-3-6-10-19)18-21-23(20-11-7-4-8-12-20)25-30-24(21)26-13-15-29-16-14-26/h3-12H,2,13-18H2,1H3. The molecule has 30 heavy (non-hydrogen) atoms. The van der Waals surface area contributed by atoms with Crippen LogP contribution in [0.3, 0.4) is 0 Å². The van der Waals surface area contributed by atoms with Gasteiger partial charge in [0.05, 0.1) is 25.3 Å². The van der Waals surface area contributed by atoms with Gasteiger partial charge in [0, 0.05) is 31.6 Å². The highest BCUT2D eigenvalue weighted by atomic mass is 16.5. The molecule has 1 aliphatic rings. The van der Waals surface area contributed by atoms with Gasteiger partial charge in [0.2, 0.25) is 11.8 Å². The van der Waals surface area contributed by atoms with E-state index >= 15 is 0 Å². The third-order valence-electron chi connectivity index (χ3n) is 5.33. The van der Waals surface area contributed by atoms with Gasteiger partial charge in [-0.2, -0.15) is 0 Å². The molecule has 0 bridgehead atoms. The molecule has 1 aliphatic heterocycles. The van der Waals surface area contributed by atoms with Crippen molar-refractivity contribution in [1.82, 2.24) is 10.1 Å². The van der Waals surface area contributed by atoms with Gasteiger partial charge in [0.1, 0.15) is 5.69 Å². The van der Waals surface area contributed by atoms with Crippen LogP contribution in [-0.2, 0) is 22.6 Å². The van der Waals surface area contributed by atoms with E-state index in [2.05, 4.69) is 10.1 Å². The molecule has 6 nitrogen and oxygen atoms in total. The highest BCUT2D eigenvalue weighted by molar-refractivity contribution is 5.77. The molecule has 1 saturated heterocycles. The van der Waals surface area contributed by atoms with Crippen LogP contribution in [0.4, 0.5) is 5.88 Å². The highest BCUT2D eigenvalue weighted by Gasteiger charge is 2.26. The smallest absolute Gasteiger partial charge is 0.233 e. The SMILES string of the molecule is CCC(=O)N(Cc1ccccc1)Cc1c(-c2ccccc2)noc1N1CCOCC1. The Hall–Kier alpha value is -3.12. The van der Waals surface area contributed by atoms with Crippen molar-refractivity contribution < 1.29 is 14.1 Å². The van der Waals surface area contributed by atoms with Gasteiger partial charge in [0.25, 0.3) is 0 Å². The van der Waals surface area contributed by atoms with E-state index in [9.17, 15) is 4.79 Å². The molecule has 0 saturated carbocycles. The van der Waals surface area contributed by atoms with Crippen molar-refractivity contribution in [1.29, 1.82) is 0 Å². The fourth-order valence-corrected chi connectivity index (χ4v) is 3.73. The second kappa shape index (κ2) is 9.59. The average Bonchev–Trinajstić information content (AvgIpc) is 3.23. The molecule has 4 rings (SSSR count). The number of nitrogens with zero attached hydrogens (tertiary/aromatic N) is 3. The lowest BCUT2D eigenvalue weighted by Gasteiger charge is -2.28.